The molecule has 21 heavy (non-hydrogen) atoms. The van der Waals surface area contributed by atoms with Gasteiger partial charge in [-0.1, -0.05) is 19.1 Å². The molecule has 0 spiro atoms. The Morgan fingerprint density at radius 2 is 2.19 bits per heavy atom. The second-order valence-electron chi connectivity index (χ2n) is 4.87. The third kappa shape index (κ3) is 2.78. The number of nitrogens with zero attached hydrogens (tertiary/aromatic N) is 2. The topological polar surface area (TPSA) is 51.0 Å². The van der Waals surface area contributed by atoms with Crippen molar-refractivity contribution in [1.29, 1.82) is 0 Å². The van der Waals surface area contributed by atoms with E-state index in [-0.39, 0.29) is 17.4 Å². The summed E-state index contributed by atoms with van der Waals surface area (Å²) in [6, 6.07) is 8.51. The molecule has 2 aromatic heterocycles. The van der Waals surface area contributed by atoms with Crippen molar-refractivity contribution >= 4 is 11.0 Å². The molecule has 0 saturated carbocycles. The molecule has 0 aliphatic rings. The van der Waals surface area contributed by atoms with Gasteiger partial charge < -0.3 is 9.73 Å². The van der Waals surface area contributed by atoms with E-state index in [4.69, 9.17) is 4.42 Å². The van der Waals surface area contributed by atoms with Crippen molar-refractivity contribution in [2.45, 2.75) is 19.4 Å². The molecule has 0 bridgehead atoms. The van der Waals surface area contributed by atoms with Gasteiger partial charge in [-0.15, -0.1) is 0 Å². The van der Waals surface area contributed by atoms with Crippen LogP contribution in [0.4, 0.5) is 4.39 Å². The molecule has 3 rings (SSSR count). The molecule has 1 aromatic carbocycles. The van der Waals surface area contributed by atoms with Gasteiger partial charge in [0.2, 0.25) is 0 Å². The zero-order valence-corrected chi connectivity index (χ0v) is 11.7. The highest BCUT2D eigenvalue weighted by Gasteiger charge is 2.19. The number of hydrogen-bond acceptors (Lipinski definition) is 4. The Kier molecular flexibility index (Phi) is 3.92. The molecule has 1 unspecified atom stereocenters. The second kappa shape index (κ2) is 6.01. The van der Waals surface area contributed by atoms with Crippen LogP contribution in [-0.2, 0) is 0 Å². The normalized spacial score (nSPS) is 12.7. The van der Waals surface area contributed by atoms with Crippen molar-refractivity contribution in [3.05, 3.63) is 59.9 Å². The van der Waals surface area contributed by atoms with Crippen molar-refractivity contribution in [3.8, 4) is 0 Å². The van der Waals surface area contributed by atoms with E-state index in [9.17, 15) is 4.39 Å². The highest BCUT2D eigenvalue weighted by Crippen LogP contribution is 2.29. The van der Waals surface area contributed by atoms with Gasteiger partial charge in [-0.3, -0.25) is 0 Å². The molecule has 0 radical (unpaired) electrons. The minimum absolute atomic E-state index is 0.160. The molecule has 0 aliphatic heterocycles. The Morgan fingerprint density at radius 1 is 1.29 bits per heavy atom. The van der Waals surface area contributed by atoms with Crippen LogP contribution in [0.25, 0.3) is 11.0 Å². The largest absolute Gasteiger partial charge is 0.456 e. The lowest BCUT2D eigenvalue weighted by Crippen LogP contribution is -2.22. The number of nitrogens with one attached hydrogen (secondary N) is 1. The number of hydrogen-bond donors (Lipinski definition) is 1. The Labute approximate surface area is 122 Å². The highest BCUT2D eigenvalue weighted by molar-refractivity contribution is 5.78. The van der Waals surface area contributed by atoms with Crippen molar-refractivity contribution in [1.82, 2.24) is 15.5 Å². The summed E-state index contributed by atoms with van der Waals surface area (Å²) in [5.74, 6) is 0.331. The van der Waals surface area contributed by atoms with Gasteiger partial charge in [-0.05, 0) is 36.7 Å². The molecular formula is C16H16FN3O. The molecule has 3 aromatic rings. The molecular weight excluding hydrogens is 269 g/mol. The van der Waals surface area contributed by atoms with Crippen molar-refractivity contribution in [3.63, 3.8) is 0 Å². The number of furan rings is 1. The molecule has 0 aliphatic carbocycles. The lowest BCUT2D eigenvalue weighted by molar-refractivity contribution is 0.458. The number of aromatic nitrogens is 2. The fourth-order valence-corrected chi connectivity index (χ4v) is 2.33. The maximum absolute atomic E-state index is 13.8. The van der Waals surface area contributed by atoms with Gasteiger partial charge in [0.1, 0.15) is 5.76 Å². The first kappa shape index (κ1) is 13.7. The van der Waals surface area contributed by atoms with Crippen LogP contribution in [0.2, 0.25) is 0 Å². The lowest BCUT2D eigenvalue weighted by atomic mass is 10.1. The average Bonchev–Trinajstić information content (AvgIpc) is 2.94. The quantitative estimate of drug-likeness (QED) is 0.780. The molecule has 5 heteroatoms. The summed E-state index contributed by atoms with van der Waals surface area (Å²) in [6.45, 7) is 2.92. The summed E-state index contributed by atoms with van der Waals surface area (Å²) in [5, 5.41) is 11.9. The van der Waals surface area contributed by atoms with Gasteiger partial charge in [0.25, 0.3) is 0 Å². The number of benzene rings is 1. The first-order valence-electron chi connectivity index (χ1n) is 6.97. The van der Waals surface area contributed by atoms with Crippen LogP contribution in [0, 0.1) is 5.82 Å². The van der Waals surface area contributed by atoms with E-state index in [1.807, 2.05) is 18.2 Å². The van der Waals surface area contributed by atoms with Gasteiger partial charge in [0.15, 0.2) is 11.4 Å². The summed E-state index contributed by atoms with van der Waals surface area (Å²) in [5.41, 5.74) is 1.23. The first-order valence-corrected chi connectivity index (χ1v) is 6.97. The number of halogens is 1. The van der Waals surface area contributed by atoms with Gasteiger partial charge >= 0.3 is 0 Å². The van der Waals surface area contributed by atoms with Crippen LogP contribution in [-0.4, -0.2) is 16.7 Å². The van der Waals surface area contributed by atoms with Gasteiger partial charge in [0, 0.05) is 11.6 Å². The maximum atomic E-state index is 13.8. The summed E-state index contributed by atoms with van der Waals surface area (Å²) < 4.78 is 19.5. The molecule has 2 heterocycles. The van der Waals surface area contributed by atoms with Crippen molar-refractivity contribution in [2.75, 3.05) is 6.54 Å². The summed E-state index contributed by atoms with van der Waals surface area (Å²) in [4.78, 5) is 0. The van der Waals surface area contributed by atoms with E-state index >= 15 is 0 Å². The van der Waals surface area contributed by atoms with Crippen LogP contribution in [0.5, 0.6) is 0 Å². The molecule has 108 valence electrons. The Hall–Kier alpha value is -2.27. The zero-order valence-electron chi connectivity index (χ0n) is 11.7. The SMILES string of the molecule is CCCNC(c1ccnnc1)c1cc2cccc(F)c2o1. The number of para-hydroxylation sites is 1. The highest BCUT2D eigenvalue weighted by atomic mass is 19.1. The molecule has 0 saturated heterocycles. The van der Waals surface area contributed by atoms with Gasteiger partial charge in [-0.2, -0.15) is 10.2 Å². The molecule has 0 amide bonds. The summed E-state index contributed by atoms with van der Waals surface area (Å²) >= 11 is 0. The lowest BCUT2D eigenvalue weighted by Gasteiger charge is -2.15. The van der Waals surface area contributed by atoms with E-state index in [0.717, 1.165) is 23.9 Å². The maximum Gasteiger partial charge on any atom is 0.169 e. The first-order chi connectivity index (χ1) is 10.3. The third-order valence-corrected chi connectivity index (χ3v) is 3.34. The Morgan fingerprint density at radius 3 is 2.90 bits per heavy atom. The van der Waals surface area contributed by atoms with E-state index in [1.54, 1.807) is 18.5 Å². The molecule has 1 N–H and O–H groups in total. The smallest absolute Gasteiger partial charge is 0.169 e. The second-order valence-corrected chi connectivity index (χ2v) is 4.87. The third-order valence-electron chi connectivity index (χ3n) is 3.34. The van der Waals surface area contributed by atoms with Crippen LogP contribution >= 0.6 is 0 Å². The Bertz CT molecular complexity index is 727. The van der Waals surface area contributed by atoms with Crippen LogP contribution in [0.15, 0.2) is 47.1 Å². The van der Waals surface area contributed by atoms with Crippen LogP contribution < -0.4 is 5.32 Å². The van der Waals surface area contributed by atoms with E-state index < -0.39 is 0 Å². The monoisotopic (exact) mass is 285 g/mol. The predicted molar refractivity (Wildman–Crippen MR) is 78.3 cm³/mol. The minimum atomic E-state index is -0.346. The fraction of sp³-hybridized carbons (Fsp3) is 0.250. The standard InChI is InChI=1S/C16H16FN3O/c1-2-7-18-15(12-6-8-19-20-10-12)14-9-11-4-3-5-13(17)16(11)21-14/h3-6,8-10,15,18H,2,7H2,1H3. The summed E-state index contributed by atoms with van der Waals surface area (Å²) in [7, 11) is 0. The van der Waals surface area contributed by atoms with Crippen molar-refractivity contribution < 1.29 is 8.81 Å². The van der Waals surface area contributed by atoms with Gasteiger partial charge in [-0.25, -0.2) is 4.39 Å². The van der Waals surface area contributed by atoms with Gasteiger partial charge in [0.05, 0.1) is 12.2 Å². The van der Waals surface area contributed by atoms with Crippen LogP contribution in [0.1, 0.15) is 30.7 Å². The molecule has 1 atom stereocenters. The number of rotatable bonds is 5. The van der Waals surface area contributed by atoms with Crippen LogP contribution in [0.3, 0.4) is 0 Å². The molecule has 4 nitrogen and oxygen atoms in total. The van der Waals surface area contributed by atoms with Crippen molar-refractivity contribution in [2.24, 2.45) is 0 Å². The predicted octanol–water partition coefficient (Wildman–Crippen LogP) is 3.45. The minimum Gasteiger partial charge on any atom is -0.456 e. The average molecular weight is 285 g/mol. The Balaban J connectivity index is 2.03. The van der Waals surface area contributed by atoms with E-state index in [2.05, 4.69) is 22.4 Å². The van der Waals surface area contributed by atoms with E-state index in [1.165, 1.54) is 6.07 Å². The number of fused-ring (bicyclic) bond motifs is 1. The summed E-state index contributed by atoms with van der Waals surface area (Å²) in [6.07, 6.45) is 4.32. The van der Waals surface area contributed by atoms with E-state index in [0.29, 0.717) is 5.76 Å². The fourth-order valence-electron chi connectivity index (χ4n) is 2.33. The molecule has 0 fully saturated rings. The zero-order chi connectivity index (χ0) is 14.7.